The molecule has 4 nitrogen and oxygen atoms in total. The molecule has 2 atom stereocenters. The third kappa shape index (κ3) is 3.07. The Balaban J connectivity index is 2.05. The zero-order valence-electron chi connectivity index (χ0n) is 12.7. The van der Waals surface area contributed by atoms with E-state index in [4.69, 9.17) is 5.73 Å². The van der Waals surface area contributed by atoms with Crippen LogP contribution in [0.1, 0.15) is 11.5 Å². The van der Waals surface area contributed by atoms with Crippen LogP contribution in [0.5, 0.6) is 0 Å². The van der Waals surface area contributed by atoms with Crippen molar-refractivity contribution in [2.75, 3.05) is 11.4 Å². The van der Waals surface area contributed by atoms with Crippen molar-refractivity contribution in [3.05, 3.63) is 65.2 Å². The molecule has 25 heavy (non-hydrogen) atoms. The Morgan fingerprint density at radius 2 is 1.64 bits per heavy atom. The number of nitrogens with two attached hydrogens (primary N) is 1. The first-order valence-electron chi connectivity index (χ1n) is 7.29. The lowest BCUT2D eigenvalue weighted by Crippen LogP contribution is -2.34. The third-order valence-corrected chi connectivity index (χ3v) is 4.13. The first-order chi connectivity index (χ1) is 11.8. The Bertz CT molecular complexity index is 851. The lowest BCUT2D eigenvalue weighted by molar-refractivity contribution is -0.130. The van der Waals surface area contributed by atoms with E-state index in [-0.39, 0.29) is 17.8 Å². The number of primary amides is 1. The van der Waals surface area contributed by atoms with Gasteiger partial charge in [0.2, 0.25) is 11.8 Å². The van der Waals surface area contributed by atoms with E-state index in [0.29, 0.717) is 12.1 Å². The molecule has 2 aromatic rings. The van der Waals surface area contributed by atoms with Crippen molar-refractivity contribution in [2.24, 2.45) is 11.7 Å². The second kappa shape index (κ2) is 6.19. The van der Waals surface area contributed by atoms with E-state index < -0.39 is 46.9 Å². The maximum atomic E-state index is 14.0. The van der Waals surface area contributed by atoms with E-state index in [2.05, 4.69) is 0 Å². The summed E-state index contributed by atoms with van der Waals surface area (Å²) in [6, 6.07) is 5.23. The van der Waals surface area contributed by atoms with E-state index in [9.17, 15) is 27.2 Å². The molecule has 1 aliphatic rings. The highest BCUT2D eigenvalue weighted by Crippen LogP contribution is 2.37. The maximum absolute atomic E-state index is 14.0. The van der Waals surface area contributed by atoms with Crippen LogP contribution in [0.25, 0.3) is 0 Å². The molecule has 2 aromatic carbocycles. The van der Waals surface area contributed by atoms with Crippen LogP contribution in [0.3, 0.4) is 0 Å². The lowest BCUT2D eigenvalue weighted by Gasteiger charge is -2.17. The number of halogens is 4. The van der Waals surface area contributed by atoms with Gasteiger partial charge in [0.15, 0.2) is 0 Å². The van der Waals surface area contributed by atoms with Gasteiger partial charge < -0.3 is 10.6 Å². The van der Waals surface area contributed by atoms with E-state index in [0.717, 1.165) is 29.2 Å². The van der Waals surface area contributed by atoms with Crippen molar-refractivity contribution in [1.29, 1.82) is 0 Å². The number of hydrogen-bond donors (Lipinski definition) is 1. The van der Waals surface area contributed by atoms with Crippen molar-refractivity contribution in [3.8, 4) is 0 Å². The van der Waals surface area contributed by atoms with Crippen molar-refractivity contribution < 1.29 is 27.2 Å². The van der Waals surface area contributed by atoms with Crippen molar-refractivity contribution in [1.82, 2.24) is 0 Å². The quantitative estimate of drug-likeness (QED) is 0.681. The molecule has 2 N–H and O–H groups in total. The van der Waals surface area contributed by atoms with Crippen molar-refractivity contribution in [3.63, 3.8) is 0 Å². The molecule has 0 aromatic heterocycles. The normalized spacial score (nSPS) is 20.2. The number of amides is 2. The Labute approximate surface area is 139 Å². The summed E-state index contributed by atoms with van der Waals surface area (Å²) in [5.74, 6) is -7.76. The SMILES string of the molecule is NC(=O)C1C(=O)N(c2ccc(F)cc2F)CC1c1cc(F)cc(F)c1. The monoisotopic (exact) mass is 352 g/mol. The number of carbonyl (C=O) groups is 2. The third-order valence-electron chi connectivity index (χ3n) is 4.13. The largest absolute Gasteiger partial charge is 0.369 e. The van der Waals surface area contributed by atoms with Crippen molar-refractivity contribution >= 4 is 17.5 Å². The zero-order chi connectivity index (χ0) is 18.3. The molecule has 8 heteroatoms. The number of anilines is 1. The number of rotatable bonds is 3. The average Bonchev–Trinajstić information content (AvgIpc) is 2.84. The molecule has 0 bridgehead atoms. The van der Waals surface area contributed by atoms with E-state index >= 15 is 0 Å². The summed E-state index contributed by atoms with van der Waals surface area (Å²) in [5, 5.41) is 0. The molecule has 1 fully saturated rings. The van der Waals surface area contributed by atoms with E-state index in [1.54, 1.807) is 0 Å². The summed E-state index contributed by atoms with van der Waals surface area (Å²) >= 11 is 0. The van der Waals surface area contributed by atoms with E-state index in [1.165, 1.54) is 0 Å². The smallest absolute Gasteiger partial charge is 0.240 e. The summed E-state index contributed by atoms with van der Waals surface area (Å²) in [6.45, 7) is -0.224. The Hall–Kier alpha value is -2.90. The maximum Gasteiger partial charge on any atom is 0.240 e. The number of hydrogen-bond acceptors (Lipinski definition) is 2. The zero-order valence-corrected chi connectivity index (χ0v) is 12.7. The van der Waals surface area contributed by atoms with Gasteiger partial charge in [0.05, 0.1) is 5.69 Å². The first kappa shape index (κ1) is 16.9. The predicted molar refractivity (Wildman–Crippen MR) is 80.5 cm³/mol. The fraction of sp³-hybridized carbons (Fsp3) is 0.176. The highest BCUT2D eigenvalue weighted by molar-refractivity contribution is 6.10. The molecular weight excluding hydrogens is 340 g/mol. The minimum absolute atomic E-state index is 0.0552. The molecule has 130 valence electrons. The van der Waals surface area contributed by atoms with Crippen LogP contribution in [-0.2, 0) is 9.59 Å². The molecule has 1 aliphatic heterocycles. The van der Waals surface area contributed by atoms with Crippen LogP contribution in [0, 0.1) is 29.2 Å². The van der Waals surface area contributed by atoms with Crippen molar-refractivity contribution in [2.45, 2.75) is 5.92 Å². The van der Waals surface area contributed by atoms with Gasteiger partial charge in [-0.05, 0) is 29.8 Å². The summed E-state index contributed by atoms with van der Waals surface area (Å²) in [5.41, 5.74) is 5.08. The van der Waals surface area contributed by atoms with Crippen LogP contribution >= 0.6 is 0 Å². The highest BCUT2D eigenvalue weighted by atomic mass is 19.1. The lowest BCUT2D eigenvalue weighted by atomic mass is 9.88. The van der Waals surface area contributed by atoms with Gasteiger partial charge in [-0.15, -0.1) is 0 Å². The molecule has 1 saturated heterocycles. The summed E-state index contributed by atoms with van der Waals surface area (Å²) in [7, 11) is 0. The second-order valence-corrected chi connectivity index (χ2v) is 5.73. The van der Waals surface area contributed by atoms with Gasteiger partial charge in [0.25, 0.3) is 0 Å². The minimum Gasteiger partial charge on any atom is -0.369 e. The number of nitrogens with zero attached hydrogens (tertiary/aromatic N) is 1. The molecule has 0 aliphatic carbocycles. The van der Waals surface area contributed by atoms with Crippen LogP contribution in [-0.4, -0.2) is 18.4 Å². The summed E-state index contributed by atoms with van der Waals surface area (Å²) in [4.78, 5) is 25.2. The van der Waals surface area contributed by atoms with E-state index in [1.807, 2.05) is 0 Å². The second-order valence-electron chi connectivity index (χ2n) is 5.73. The van der Waals surface area contributed by atoms with Gasteiger partial charge in [-0.1, -0.05) is 0 Å². The topological polar surface area (TPSA) is 63.4 Å². The standard InChI is InChI=1S/C17H12F4N2O2/c18-9-1-2-14(13(21)6-9)23-7-12(15(16(22)24)17(23)25)8-3-10(19)5-11(20)4-8/h1-6,12,15H,7H2,(H2,22,24). The average molecular weight is 352 g/mol. The van der Waals surface area contributed by atoms with Crippen LogP contribution < -0.4 is 10.6 Å². The number of carbonyl (C=O) groups excluding carboxylic acids is 2. The Morgan fingerprint density at radius 3 is 2.20 bits per heavy atom. The van der Waals surface area contributed by atoms with Gasteiger partial charge in [0, 0.05) is 24.6 Å². The Morgan fingerprint density at radius 1 is 1.00 bits per heavy atom. The molecular formula is C17H12F4N2O2. The van der Waals surface area contributed by atoms with Gasteiger partial charge in [-0.25, -0.2) is 17.6 Å². The summed E-state index contributed by atoms with van der Waals surface area (Å²) < 4.78 is 54.0. The summed E-state index contributed by atoms with van der Waals surface area (Å²) in [6.07, 6.45) is 0. The van der Waals surface area contributed by atoms with Crippen LogP contribution in [0.2, 0.25) is 0 Å². The Kier molecular flexibility index (Phi) is 4.20. The molecule has 0 spiro atoms. The van der Waals surface area contributed by atoms with Gasteiger partial charge in [-0.3, -0.25) is 9.59 Å². The predicted octanol–water partition coefficient (Wildman–Crippen LogP) is 2.47. The van der Waals surface area contributed by atoms with Gasteiger partial charge in [-0.2, -0.15) is 0 Å². The molecule has 2 amide bonds. The highest BCUT2D eigenvalue weighted by Gasteiger charge is 2.46. The van der Waals surface area contributed by atoms with Gasteiger partial charge in [0.1, 0.15) is 29.2 Å². The molecule has 2 unspecified atom stereocenters. The first-order valence-corrected chi connectivity index (χ1v) is 7.29. The molecule has 0 radical (unpaired) electrons. The van der Waals surface area contributed by atoms with Crippen LogP contribution in [0.4, 0.5) is 23.2 Å². The molecule has 0 saturated carbocycles. The molecule has 1 heterocycles. The molecule has 3 rings (SSSR count). The fourth-order valence-electron chi connectivity index (χ4n) is 3.06. The fourth-order valence-corrected chi connectivity index (χ4v) is 3.06. The minimum atomic E-state index is -1.41. The number of benzene rings is 2. The van der Waals surface area contributed by atoms with Crippen LogP contribution in [0.15, 0.2) is 36.4 Å². The van der Waals surface area contributed by atoms with Gasteiger partial charge >= 0.3 is 0 Å².